The topological polar surface area (TPSA) is 52.6 Å². The normalized spacial score (nSPS) is 12.1. The maximum absolute atomic E-state index is 11.2. The second-order valence-corrected chi connectivity index (χ2v) is 5.08. The molecule has 0 aliphatic rings. The van der Waals surface area contributed by atoms with E-state index in [4.69, 9.17) is 0 Å². The van der Waals surface area contributed by atoms with Crippen molar-refractivity contribution in [3.63, 3.8) is 0 Å². The zero-order valence-corrected chi connectivity index (χ0v) is 12.5. The van der Waals surface area contributed by atoms with E-state index >= 15 is 0 Å². The number of carbonyl (C=O) groups is 1. The lowest BCUT2D eigenvalue weighted by Gasteiger charge is -2.20. The van der Waals surface area contributed by atoms with E-state index < -0.39 is 6.10 Å². The molecular formula is C13H19BrN2O2. The molecule has 1 amide bonds. The van der Waals surface area contributed by atoms with Crippen LogP contribution in [0, 0.1) is 0 Å². The number of anilines is 1. The van der Waals surface area contributed by atoms with E-state index in [0.29, 0.717) is 13.0 Å². The number of hydrogen-bond donors (Lipinski definition) is 2. The maximum Gasteiger partial charge on any atom is 0.221 e. The molecule has 0 saturated heterocycles. The molecule has 100 valence electrons. The molecule has 1 unspecified atom stereocenters. The Morgan fingerprint density at radius 2 is 2.22 bits per heavy atom. The minimum atomic E-state index is -0.496. The molecule has 18 heavy (non-hydrogen) atoms. The molecule has 0 fully saturated rings. The molecule has 0 aromatic heterocycles. The Balaban J connectivity index is 2.72. The molecule has 0 aliphatic carbocycles. The van der Waals surface area contributed by atoms with E-state index in [1.165, 1.54) is 0 Å². The molecule has 1 rings (SSSR count). The Labute approximate surface area is 116 Å². The van der Waals surface area contributed by atoms with Crippen LogP contribution in [0.2, 0.25) is 0 Å². The SMILES string of the molecule is CNC(=O)CCN(C)c1ccc(C(C)O)c(Br)c1. The van der Waals surface area contributed by atoms with Crippen LogP contribution in [0.5, 0.6) is 0 Å². The van der Waals surface area contributed by atoms with Gasteiger partial charge in [-0.1, -0.05) is 22.0 Å². The number of amides is 1. The molecule has 1 atom stereocenters. The van der Waals surface area contributed by atoms with E-state index in [1.807, 2.05) is 30.1 Å². The first kappa shape index (κ1) is 15.0. The number of nitrogens with zero attached hydrogens (tertiary/aromatic N) is 1. The first-order valence-electron chi connectivity index (χ1n) is 5.85. The van der Waals surface area contributed by atoms with Crippen molar-refractivity contribution < 1.29 is 9.90 Å². The molecule has 4 nitrogen and oxygen atoms in total. The second-order valence-electron chi connectivity index (χ2n) is 4.23. The summed E-state index contributed by atoms with van der Waals surface area (Å²) in [6.45, 7) is 2.38. The van der Waals surface area contributed by atoms with Gasteiger partial charge >= 0.3 is 0 Å². The highest BCUT2D eigenvalue weighted by atomic mass is 79.9. The van der Waals surface area contributed by atoms with Gasteiger partial charge in [-0.05, 0) is 24.6 Å². The molecule has 5 heteroatoms. The average Bonchev–Trinajstić information content (AvgIpc) is 2.34. The van der Waals surface area contributed by atoms with Gasteiger partial charge in [0.15, 0.2) is 0 Å². The van der Waals surface area contributed by atoms with Crippen molar-refractivity contribution in [2.24, 2.45) is 0 Å². The zero-order chi connectivity index (χ0) is 13.7. The third-order valence-corrected chi connectivity index (χ3v) is 3.51. The van der Waals surface area contributed by atoms with Gasteiger partial charge < -0.3 is 15.3 Å². The Kier molecular flexibility index (Phi) is 5.62. The predicted octanol–water partition coefficient (Wildman–Crippen LogP) is 2.07. The van der Waals surface area contributed by atoms with E-state index in [9.17, 15) is 9.90 Å². The number of rotatable bonds is 5. The summed E-state index contributed by atoms with van der Waals surface area (Å²) in [4.78, 5) is 13.2. The fraction of sp³-hybridized carbons (Fsp3) is 0.462. The predicted molar refractivity (Wildman–Crippen MR) is 76.7 cm³/mol. The lowest BCUT2D eigenvalue weighted by atomic mass is 10.1. The van der Waals surface area contributed by atoms with E-state index in [-0.39, 0.29) is 5.91 Å². The summed E-state index contributed by atoms with van der Waals surface area (Å²) < 4.78 is 0.877. The summed E-state index contributed by atoms with van der Waals surface area (Å²) in [7, 11) is 3.57. The number of hydrogen-bond acceptors (Lipinski definition) is 3. The molecule has 1 aromatic rings. The number of nitrogens with one attached hydrogen (secondary N) is 1. The van der Waals surface area contributed by atoms with Gasteiger partial charge in [-0.3, -0.25) is 4.79 Å². The van der Waals surface area contributed by atoms with Crippen LogP contribution in [0.3, 0.4) is 0 Å². The van der Waals surface area contributed by atoms with E-state index in [2.05, 4.69) is 21.2 Å². The maximum atomic E-state index is 11.2. The first-order valence-corrected chi connectivity index (χ1v) is 6.64. The molecule has 0 saturated carbocycles. The summed E-state index contributed by atoms with van der Waals surface area (Å²) in [6.07, 6.45) is -0.0347. The molecular weight excluding hydrogens is 296 g/mol. The Hall–Kier alpha value is -1.07. The zero-order valence-electron chi connectivity index (χ0n) is 10.9. The average molecular weight is 315 g/mol. The smallest absolute Gasteiger partial charge is 0.221 e. The number of aliphatic hydroxyl groups is 1. The summed E-state index contributed by atoms with van der Waals surface area (Å²) in [5, 5.41) is 12.1. The van der Waals surface area contributed by atoms with Gasteiger partial charge in [-0.15, -0.1) is 0 Å². The van der Waals surface area contributed by atoms with Crippen LogP contribution in [0.25, 0.3) is 0 Å². The Bertz CT molecular complexity index is 421. The second kappa shape index (κ2) is 6.75. The van der Waals surface area contributed by atoms with Crippen LogP contribution < -0.4 is 10.2 Å². The minimum Gasteiger partial charge on any atom is -0.389 e. The standard InChI is InChI=1S/C13H19BrN2O2/c1-9(17)11-5-4-10(8-12(11)14)16(3)7-6-13(18)15-2/h4-5,8-9,17H,6-7H2,1-3H3,(H,15,18). The van der Waals surface area contributed by atoms with Crippen molar-refractivity contribution in [2.75, 3.05) is 25.5 Å². The van der Waals surface area contributed by atoms with Crippen LogP contribution in [-0.2, 0) is 4.79 Å². The van der Waals surface area contributed by atoms with Gasteiger partial charge in [0.2, 0.25) is 5.91 Å². The third kappa shape index (κ3) is 3.99. The van der Waals surface area contributed by atoms with Crippen LogP contribution in [0.4, 0.5) is 5.69 Å². The quantitative estimate of drug-likeness (QED) is 0.875. The van der Waals surface area contributed by atoms with Gasteiger partial charge in [0, 0.05) is 37.2 Å². The van der Waals surface area contributed by atoms with Crippen molar-refractivity contribution in [3.05, 3.63) is 28.2 Å². The van der Waals surface area contributed by atoms with Crippen molar-refractivity contribution in [3.8, 4) is 0 Å². The molecule has 0 bridgehead atoms. The summed E-state index contributed by atoms with van der Waals surface area (Å²) in [5.41, 5.74) is 1.87. The molecule has 0 aliphatic heterocycles. The largest absolute Gasteiger partial charge is 0.389 e. The van der Waals surface area contributed by atoms with Crippen LogP contribution >= 0.6 is 15.9 Å². The monoisotopic (exact) mass is 314 g/mol. The fourth-order valence-electron chi connectivity index (χ4n) is 1.62. The lowest BCUT2D eigenvalue weighted by Crippen LogP contribution is -2.26. The van der Waals surface area contributed by atoms with Crippen molar-refractivity contribution in [2.45, 2.75) is 19.4 Å². The minimum absolute atomic E-state index is 0.0292. The number of aliphatic hydroxyl groups excluding tert-OH is 1. The summed E-state index contributed by atoms with van der Waals surface area (Å²) >= 11 is 3.44. The van der Waals surface area contributed by atoms with Crippen LogP contribution in [-0.4, -0.2) is 31.7 Å². The highest BCUT2D eigenvalue weighted by molar-refractivity contribution is 9.10. The highest BCUT2D eigenvalue weighted by Gasteiger charge is 2.09. The molecule has 1 aromatic carbocycles. The third-order valence-electron chi connectivity index (χ3n) is 2.83. The lowest BCUT2D eigenvalue weighted by molar-refractivity contribution is -0.120. The van der Waals surface area contributed by atoms with E-state index in [0.717, 1.165) is 15.7 Å². The Morgan fingerprint density at radius 3 is 2.72 bits per heavy atom. The van der Waals surface area contributed by atoms with Gasteiger partial charge in [-0.2, -0.15) is 0 Å². The fourth-order valence-corrected chi connectivity index (χ4v) is 2.31. The van der Waals surface area contributed by atoms with Crippen molar-refractivity contribution in [1.82, 2.24) is 5.32 Å². The van der Waals surface area contributed by atoms with Gasteiger partial charge in [0.25, 0.3) is 0 Å². The first-order chi connectivity index (χ1) is 8.45. The molecule has 0 radical (unpaired) electrons. The number of carbonyl (C=O) groups excluding carboxylic acids is 1. The molecule has 2 N–H and O–H groups in total. The van der Waals surface area contributed by atoms with Crippen molar-refractivity contribution in [1.29, 1.82) is 0 Å². The summed E-state index contributed by atoms with van der Waals surface area (Å²) in [5.74, 6) is 0.0292. The van der Waals surface area contributed by atoms with Crippen LogP contribution in [0.1, 0.15) is 25.0 Å². The van der Waals surface area contributed by atoms with Gasteiger partial charge in [0.05, 0.1) is 6.10 Å². The molecule has 0 spiro atoms. The number of benzene rings is 1. The van der Waals surface area contributed by atoms with Gasteiger partial charge in [-0.25, -0.2) is 0 Å². The number of halogens is 1. The van der Waals surface area contributed by atoms with Crippen LogP contribution in [0.15, 0.2) is 22.7 Å². The Morgan fingerprint density at radius 1 is 1.56 bits per heavy atom. The highest BCUT2D eigenvalue weighted by Crippen LogP contribution is 2.27. The summed E-state index contributed by atoms with van der Waals surface area (Å²) in [6, 6.07) is 5.78. The van der Waals surface area contributed by atoms with Crippen molar-refractivity contribution >= 4 is 27.5 Å². The molecule has 0 heterocycles. The van der Waals surface area contributed by atoms with E-state index in [1.54, 1.807) is 14.0 Å². The van der Waals surface area contributed by atoms with Gasteiger partial charge in [0.1, 0.15) is 0 Å².